The van der Waals surface area contributed by atoms with Gasteiger partial charge in [-0.3, -0.25) is 9.48 Å². The maximum Gasteiger partial charge on any atom is 0.334 e. The number of ether oxygens (including phenoxy) is 1. The number of hydrogen-bond donors (Lipinski definition) is 0. The van der Waals surface area contributed by atoms with Gasteiger partial charge in [0.1, 0.15) is 5.60 Å². The molecule has 1 saturated heterocycles. The average molecular weight is 389 g/mol. The van der Waals surface area contributed by atoms with E-state index in [9.17, 15) is 14.7 Å². The molecule has 2 heterocycles. The minimum absolute atomic E-state index is 0.0509. The van der Waals surface area contributed by atoms with E-state index < -0.39 is 23.0 Å². The van der Waals surface area contributed by atoms with Gasteiger partial charge >= 0.3 is 5.97 Å². The molecule has 1 aromatic heterocycles. The van der Waals surface area contributed by atoms with Gasteiger partial charge in [0, 0.05) is 17.9 Å². The van der Waals surface area contributed by atoms with Gasteiger partial charge in [-0.2, -0.15) is 0 Å². The predicted molar refractivity (Wildman–Crippen MR) is 108 cm³/mol. The number of para-hydroxylation sites is 2. The third kappa shape index (κ3) is 3.27. The molecular weight excluding hydrogens is 368 g/mol. The highest BCUT2D eigenvalue weighted by atomic mass is 16.6. The van der Waals surface area contributed by atoms with E-state index in [1.807, 2.05) is 26.0 Å². The highest BCUT2D eigenvalue weighted by Gasteiger charge is 2.38. The van der Waals surface area contributed by atoms with E-state index in [1.54, 1.807) is 48.5 Å². The Morgan fingerprint density at radius 3 is 2.07 bits per heavy atom. The Labute approximate surface area is 168 Å². The molecule has 3 aromatic rings. The fraction of sp³-hybridized carbons (Fsp3) is 0.217. The lowest BCUT2D eigenvalue weighted by molar-refractivity contribution is -0.278. The number of esters is 1. The summed E-state index contributed by atoms with van der Waals surface area (Å²) in [6.07, 6.45) is 2.41. The molecular formula is C23H21N2O4-. The first kappa shape index (κ1) is 18.8. The van der Waals surface area contributed by atoms with E-state index in [2.05, 4.69) is 0 Å². The number of aromatic nitrogens is 2. The minimum Gasteiger partial charge on any atom is -0.858 e. The number of cyclic esters (lactones) is 1. The number of rotatable bonds is 4. The third-order valence-corrected chi connectivity index (χ3v) is 5.28. The average Bonchev–Trinajstić information content (AvgIpc) is 3.17. The van der Waals surface area contributed by atoms with E-state index in [1.165, 1.54) is 15.4 Å². The van der Waals surface area contributed by atoms with Gasteiger partial charge in [-0.1, -0.05) is 43.3 Å². The van der Waals surface area contributed by atoms with Crippen LogP contribution in [0.1, 0.15) is 32.3 Å². The first-order valence-corrected chi connectivity index (χ1v) is 9.53. The van der Waals surface area contributed by atoms with Gasteiger partial charge in [-0.25, -0.2) is 9.48 Å². The highest BCUT2D eigenvalue weighted by Crippen LogP contribution is 2.34. The van der Waals surface area contributed by atoms with E-state index in [0.29, 0.717) is 29.8 Å². The fourth-order valence-electron chi connectivity index (χ4n) is 3.51. The summed E-state index contributed by atoms with van der Waals surface area (Å²) in [6, 6.07) is 17.9. The SMILES string of the molecule is CCC1(C)CC(=Cc2c([O-])n(-c3ccccc3)n(-c3ccccc3)c2=O)C(=O)O1. The van der Waals surface area contributed by atoms with Crippen molar-refractivity contribution in [1.29, 1.82) is 0 Å². The van der Waals surface area contributed by atoms with Crippen LogP contribution in [0.2, 0.25) is 0 Å². The van der Waals surface area contributed by atoms with Gasteiger partial charge in [0.2, 0.25) is 0 Å². The topological polar surface area (TPSA) is 76.3 Å². The van der Waals surface area contributed by atoms with Gasteiger partial charge in [0.05, 0.1) is 16.9 Å². The summed E-state index contributed by atoms with van der Waals surface area (Å²) in [5.74, 6) is -0.956. The molecule has 0 aliphatic carbocycles. The number of hydrogen-bond acceptors (Lipinski definition) is 4. The number of nitrogens with zero attached hydrogens (tertiary/aromatic N) is 2. The molecule has 29 heavy (non-hydrogen) atoms. The largest absolute Gasteiger partial charge is 0.858 e. The molecule has 148 valence electrons. The zero-order valence-corrected chi connectivity index (χ0v) is 16.3. The zero-order chi connectivity index (χ0) is 20.6. The van der Waals surface area contributed by atoms with Crippen LogP contribution in [0.4, 0.5) is 0 Å². The molecule has 0 N–H and O–H groups in total. The molecule has 0 spiro atoms. The molecule has 6 heteroatoms. The summed E-state index contributed by atoms with van der Waals surface area (Å²) in [6.45, 7) is 3.78. The van der Waals surface area contributed by atoms with Gasteiger partial charge < -0.3 is 9.84 Å². The van der Waals surface area contributed by atoms with Crippen LogP contribution < -0.4 is 10.7 Å². The molecule has 2 aromatic carbocycles. The van der Waals surface area contributed by atoms with Crippen molar-refractivity contribution in [2.75, 3.05) is 0 Å². The Kier molecular flexibility index (Phi) is 4.62. The smallest absolute Gasteiger partial charge is 0.334 e. The van der Waals surface area contributed by atoms with E-state index in [-0.39, 0.29) is 5.56 Å². The number of benzene rings is 2. The van der Waals surface area contributed by atoms with Crippen molar-refractivity contribution in [2.45, 2.75) is 32.3 Å². The van der Waals surface area contributed by atoms with Crippen LogP contribution in [0.3, 0.4) is 0 Å². The van der Waals surface area contributed by atoms with Crippen molar-refractivity contribution in [1.82, 2.24) is 9.36 Å². The first-order valence-electron chi connectivity index (χ1n) is 9.53. The van der Waals surface area contributed by atoms with Crippen LogP contribution in [0, 0.1) is 0 Å². The second-order valence-corrected chi connectivity index (χ2v) is 7.36. The van der Waals surface area contributed by atoms with Crippen LogP contribution in [-0.4, -0.2) is 20.9 Å². The molecule has 1 atom stereocenters. The summed E-state index contributed by atoms with van der Waals surface area (Å²) in [5.41, 5.74) is 0.340. The molecule has 1 aliphatic heterocycles. The molecule has 1 aliphatic rings. The third-order valence-electron chi connectivity index (χ3n) is 5.28. The van der Waals surface area contributed by atoms with E-state index >= 15 is 0 Å². The summed E-state index contributed by atoms with van der Waals surface area (Å²) in [4.78, 5) is 25.6. The van der Waals surface area contributed by atoms with Crippen molar-refractivity contribution in [3.63, 3.8) is 0 Å². The molecule has 1 fully saturated rings. The molecule has 4 rings (SSSR count). The molecule has 0 radical (unpaired) electrons. The first-order chi connectivity index (χ1) is 13.9. The second-order valence-electron chi connectivity index (χ2n) is 7.36. The van der Waals surface area contributed by atoms with Crippen molar-refractivity contribution in [3.05, 3.63) is 82.2 Å². The van der Waals surface area contributed by atoms with Gasteiger partial charge in [0.15, 0.2) is 0 Å². The Morgan fingerprint density at radius 2 is 1.55 bits per heavy atom. The maximum atomic E-state index is 13.3. The standard InChI is InChI=1S/C23H22N2O4/c1-3-23(2)15-16(22(28)29-23)14-19-20(26)24(17-10-6-4-7-11-17)25(21(19)27)18-12-8-5-9-13-18/h4-14,26H,3,15H2,1-2H3/p-1. The lowest BCUT2D eigenvalue weighted by atomic mass is 9.96. The quantitative estimate of drug-likeness (QED) is 0.507. The van der Waals surface area contributed by atoms with Crippen molar-refractivity contribution >= 4 is 12.0 Å². The Morgan fingerprint density at radius 1 is 1.00 bits per heavy atom. The second kappa shape index (κ2) is 7.13. The lowest BCUT2D eigenvalue weighted by Crippen LogP contribution is -2.21. The fourth-order valence-corrected chi connectivity index (χ4v) is 3.51. The lowest BCUT2D eigenvalue weighted by Gasteiger charge is -2.18. The van der Waals surface area contributed by atoms with Crippen LogP contribution in [0.15, 0.2) is 71.0 Å². The Balaban J connectivity index is 1.94. The van der Waals surface area contributed by atoms with Gasteiger partial charge in [-0.15, -0.1) is 0 Å². The maximum absolute atomic E-state index is 13.3. The summed E-state index contributed by atoms with van der Waals surface area (Å²) >= 11 is 0. The van der Waals surface area contributed by atoms with Crippen molar-refractivity contribution < 1.29 is 14.6 Å². The van der Waals surface area contributed by atoms with Gasteiger partial charge in [-0.05, 0) is 43.7 Å². The zero-order valence-electron chi connectivity index (χ0n) is 16.3. The van der Waals surface area contributed by atoms with Crippen molar-refractivity contribution in [2.24, 2.45) is 0 Å². The molecule has 0 saturated carbocycles. The molecule has 0 bridgehead atoms. The van der Waals surface area contributed by atoms with E-state index in [4.69, 9.17) is 4.74 Å². The Bertz CT molecular complexity index is 1140. The molecule has 6 nitrogen and oxygen atoms in total. The van der Waals surface area contributed by atoms with Crippen LogP contribution in [0.5, 0.6) is 5.88 Å². The van der Waals surface area contributed by atoms with Crippen LogP contribution in [-0.2, 0) is 9.53 Å². The predicted octanol–water partition coefficient (Wildman–Crippen LogP) is 3.20. The molecule has 0 amide bonds. The summed E-state index contributed by atoms with van der Waals surface area (Å²) in [5, 5.41) is 13.3. The normalized spacial score (nSPS) is 20.2. The summed E-state index contributed by atoms with van der Waals surface area (Å²) in [7, 11) is 0. The summed E-state index contributed by atoms with van der Waals surface area (Å²) < 4.78 is 8.12. The van der Waals surface area contributed by atoms with Gasteiger partial charge in [0.25, 0.3) is 5.56 Å². The number of carbonyl (C=O) groups is 1. The van der Waals surface area contributed by atoms with Crippen LogP contribution in [0.25, 0.3) is 17.5 Å². The molecule has 1 unspecified atom stereocenters. The monoisotopic (exact) mass is 389 g/mol. The van der Waals surface area contributed by atoms with Crippen molar-refractivity contribution in [3.8, 4) is 17.3 Å². The minimum atomic E-state index is -0.605. The number of carbonyl (C=O) groups excluding carboxylic acids is 1. The highest BCUT2D eigenvalue weighted by molar-refractivity contribution is 5.96. The van der Waals surface area contributed by atoms with Crippen LogP contribution >= 0.6 is 0 Å². The van der Waals surface area contributed by atoms with E-state index in [0.717, 1.165) is 0 Å². The Hall–Kier alpha value is -3.54.